The van der Waals surface area contributed by atoms with E-state index in [9.17, 15) is 0 Å². The second-order valence-electron chi connectivity index (χ2n) is 6.96. The maximum absolute atomic E-state index is 5.01. The number of rotatable bonds is 2. The molecular formula is C21H20N2. The molecule has 1 aromatic heterocycles. The average molecular weight is 300 g/mol. The number of likely N-dealkylation sites (tertiary alicyclic amines) is 1. The van der Waals surface area contributed by atoms with E-state index in [0.29, 0.717) is 11.8 Å². The van der Waals surface area contributed by atoms with Crippen molar-refractivity contribution < 1.29 is 0 Å². The topological polar surface area (TPSA) is 16.1 Å². The molecule has 0 spiro atoms. The average Bonchev–Trinajstić information content (AvgIpc) is 2.84. The molecule has 2 aromatic carbocycles. The van der Waals surface area contributed by atoms with Crippen molar-refractivity contribution in [2.45, 2.75) is 24.8 Å². The van der Waals surface area contributed by atoms with Crippen LogP contribution < -0.4 is 0 Å². The van der Waals surface area contributed by atoms with Gasteiger partial charge in [-0.25, -0.2) is 0 Å². The first kappa shape index (κ1) is 13.3. The number of hydrogen-bond acceptors (Lipinski definition) is 2. The number of para-hydroxylation sites is 1. The molecule has 2 bridgehead atoms. The molecule has 0 amide bonds. The van der Waals surface area contributed by atoms with Gasteiger partial charge in [0.25, 0.3) is 0 Å². The van der Waals surface area contributed by atoms with E-state index in [1.807, 2.05) is 0 Å². The Bertz CT molecular complexity index is 806. The third kappa shape index (κ3) is 2.25. The lowest BCUT2D eigenvalue weighted by Crippen LogP contribution is -2.34. The molecule has 2 heterocycles. The van der Waals surface area contributed by atoms with Gasteiger partial charge in [0.2, 0.25) is 0 Å². The summed E-state index contributed by atoms with van der Waals surface area (Å²) in [5.74, 6) is 1.27. The van der Waals surface area contributed by atoms with Crippen LogP contribution in [-0.2, 0) is 6.54 Å². The van der Waals surface area contributed by atoms with Crippen LogP contribution in [0.5, 0.6) is 0 Å². The van der Waals surface area contributed by atoms with Crippen molar-refractivity contribution >= 4 is 10.9 Å². The molecule has 1 aliphatic carbocycles. The van der Waals surface area contributed by atoms with Gasteiger partial charge in [-0.3, -0.25) is 9.88 Å². The quantitative estimate of drug-likeness (QED) is 0.700. The van der Waals surface area contributed by atoms with Gasteiger partial charge in [0.15, 0.2) is 0 Å². The van der Waals surface area contributed by atoms with Crippen LogP contribution in [0.25, 0.3) is 10.9 Å². The first-order chi connectivity index (χ1) is 11.4. The molecule has 23 heavy (non-hydrogen) atoms. The van der Waals surface area contributed by atoms with E-state index in [1.54, 1.807) is 0 Å². The highest BCUT2D eigenvalue weighted by molar-refractivity contribution is 5.80. The van der Waals surface area contributed by atoms with Crippen LogP contribution in [0.2, 0.25) is 0 Å². The van der Waals surface area contributed by atoms with E-state index in [0.717, 1.165) is 18.6 Å². The standard InChI is InChI=1S/C21H20N2/c1-2-6-15(7-3-1)12-23-13-17-10-18(14-23)21-19(17)11-16-8-4-5-9-20(16)22-21/h1-9,11,17-18H,10,12-14H2. The molecule has 2 nitrogen and oxygen atoms in total. The molecule has 2 atom stereocenters. The first-order valence-electron chi connectivity index (χ1n) is 8.53. The van der Waals surface area contributed by atoms with Gasteiger partial charge in [0.1, 0.15) is 0 Å². The van der Waals surface area contributed by atoms with Crippen LogP contribution in [0, 0.1) is 0 Å². The summed E-state index contributed by atoms with van der Waals surface area (Å²) in [5, 5.41) is 1.29. The van der Waals surface area contributed by atoms with E-state index >= 15 is 0 Å². The van der Waals surface area contributed by atoms with E-state index in [4.69, 9.17) is 4.98 Å². The van der Waals surface area contributed by atoms with Gasteiger partial charge in [0, 0.05) is 36.6 Å². The molecule has 3 aromatic rings. The molecule has 0 saturated carbocycles. The summed E-state index contributed by atoms with van der Waals surface area (Å²) in [6.07, 6.45) is 1.28. The second-order valence-corrected chi connectivity index (χ2v) is 6.96. The lowest BCUT2D eigenvalue weighted by molar-refractivity contribution is 0.194. The summed E-state index contributed by atoms with van der Waals surface area (Å²) in [4.78, 5) is 7.62. The van der Waals surface area contributed by atoms with Crippen LogP contribution in [0.1, 0.15) is 35.1 Å². The Kier molecular flexibility index (Phi) is 2.98. The van der Waals surface area contributed by atoms with Gasteiger partial charge in [0.05, 0.1) is 5.52 Å². The lowest BCUT2D eigenvalue weighted by Gasteiger charge is -2.31. The van der Waals surface area contributed by atoms with Crippen molar-refractivity contribution in [1.29, 1.82) is 0 Å². The molecule has 0 radical (unpaired) electrons. The van der Waals surface area contributed by atoms with Gasteiger partial charge >= 0.3 is 0 Å². The van der Waals surface area contributed by atoms with Crippen molar-refractivity contribution in [3.63, 3.8) is 0 Å². The number of hydrogen-bond donors (Lipinski definition) is 0. The van der Waals surface area contributed by atoms with Crippen LogP contribution in [-0.4, -0.2) is 23.0 Å². The van der Waals surface area contributed by atoms with E-state index in [2.05, 4.69) is 65.6 Å². The Morgan fingerprint density at radius 1 is 0.913 bits per heavy atom. The summed E-state index contributed by atoms with van der Waals surface area (Å²) in [7, 11) is 0. The van der Waals surface area contributed by atoms with Crippen molar-refractivity contribution in [2.75, 3.05) is 13.1 Å². The fourth-order valence-corrected chi connectivity index (χ4v) is 4.39. The summed E-state index contributed by atoms with van der Waals surface area (Å²) in [6.45, 7) is 3.36. The van der Waals surface area contributed by atoms with Crippen molar-refractivity contribution in [3.05, 3.63) is 77.5 Å². The number of pyridine rings is 1. The van der Waals surface area contributed by atoms with Crippen molar-refractivity contribution in [2.24, 2.45) is 0 Å². The molecular weight excluding hydrogens is 280 g/mol. The van der Waals surface area contributed by atoms with Crippen LogP contribution >= 0.6 is 0 Å². The molecule has 1 aliphatic heterocycles. The maximum atomic E-state index is 5.01. The zero-order valence-electron chi connectivity index (χ0n) is 13.2. The van der Waals surface area contributed by atoms with Gasteiger partial charge < -0.3 is 0 Å². The number of nitrogens with zero attached hydrogens (tertiary/aromatic N) is 2. The molecule has 5 rings (SSSR count). The van der Waals surface area contributed by atoms with Gasteiger partial charge in [-0.2, -0.15) is 0 Å². The Hall–Kier alpha value is -2.19. The van der Waals surface area contributed by atoms with Gasteiger partial charge in [-0.15, -0.1) is 0 Å². The predicted molar refractivity (Wildman–Crippen MR) is 93.6 cm³/mol. The zero-order chi connectivity index (χ0) is 15.2. The van der Waals surface area contributed by atoms with Crippen molar-refractivity contribution in [1.82, 2.24) is 9.88 Å². The lowest BCUT2D eigenvalue weighted by atomic mass is 9.95. The molecule has 0 N–H and O–H groups in total. The Morgan fingerprint density at radius 3 is 2.61 bits per heavy atom. The second kappa shape index (κ2) is 5.17. The number of fused-ring (bicyclic) bond motifs is 6. The van der Waals surface area contributed by atoms with Crippen LogP contribution in [0.3, 0.4) is 0 Å². The Morgan fingerprint density at radius 2 is 1.70 bits per heavy atom. The van der Waals surface area contributed by atoms with E-state index < -0.39 is 0 Å². The van der Waals surface area contributed by atoms with Gasteiger partial charge in [-0.05, 0) is 35.6 Å². The van der Waals surface area contributed by atoms with Crippen LogP contribution in [0.4, 0.5) is 0 Å². The summed E-state index contributed by atoms with van der Waals surface area (Å²) >= 11 is 0. The third-order valence-corrected chi connectivity index (χ3v) is 5.39. The fourth-order valence-electron chi connectivity index (χ4n) is 4.39. The minimum Gasteiger partial charge on any atom is -0.298 e. The highest BCUT2D eigenvalue weighted by Crippen LogP contribution is 2.46. The Labute approximate surface area is 136 Å². The summed E-state index contributed by atoms with van der Waals surface area (Å²) in [5.41, 5.74) is 5.43. The highest BCUT2D eigenvalue weighted by atomic mass is 15.1. The normalized spacial score (nSPS) is 23.1. The largest absolute Gasteiger partial charge is 0.298 e. The Balaban J connectivity index is 1.47. The summed E-state index contributed by atoms with van der Waals surface area (Å²) < 4.78 is 0. The number of piperidine rings is 1. The predicted octanol–water partition coefficient (Wildman–Crippen LogP) is 4.32. The molecule has 2 heteroatoms. The number of aromatic nitrogens is 1. The first-order valence-corrected chi connectivity index (χ1v) is 8.53. The molecule has 114 valence electrons. The third-order valence-electron chi connectivity index (χ3n) is 5.39. The molecule has 1 saturated heterocycles. The minimum absolute atomic E-state index is 0.608. The molecule has 1 fully saturated rings. The SMILES string of the molecule is c1ccc(CN2CC3CC(C2)c2nc4ccccc4cc23)cc1. The number of benzene rings is 2. The molecule has 2 unspecified atom stereocenters. The van der Waals surface area contributed by atoms with Crippen LogP contribution in [0.15, 0.2) is 60.7 Å². The molecule has 2 aliphatic rings. The fraction of sp³-hybridized carbons (Fsp3) is 0.286. The monoisotopic (exact) mass is 300 g/mol. The van der Waals surface area contributed by atoms with Crippen molar-refractivity contribution in [3.8, 4) is 0 Å². The van der Waals surface area contributed by atoms with Gasteiger partial charge in [-0.1, -0.05) is 48.5 Å². The van der Waals surface area contributed by atoms with E-state index in [1.165, 1.54) is 35.2 Å². The van der Waals surface area contributed by atoms with E-state index in [-0.39, 0.29) is 0 Å². The summed E-state index contributed by atoms with van der Waals surface area (Å²) in [6, 6.07) is 21.7. The maximum Gasteiger partial charge on any atom is 0.0705 e. The zero-order valence-corrected chi connectivity index (χ0v) is 13.2. The smallest absolute Gasteiger partial charge is 0.0705 e. The minimum atomic E-state index is 0.608. The highest BCUT2D eigenvalue weighted by Gasteiger charge is 2.38.